The number of hydrogen-bond acceptors (Lipinski definition) is 3. The zero-order valence-corrected chi connectivity index (χ0v) is 19.8. The first-order valence-corrected chi connectivity index (χ1v) is 12.9. The lowest BCUT2D eigenvalue weighted by Crippen LogP contribution is -2.33. The van der Waals surface area contributed by atoms with Crippen LogP contribution in [0.2, 0.25) is 0 Å². The van der Waals surface area contributed by atoms with Crippen LogP contribution < -0.4 is 4.72 Å². The second-order valence-electron chi connectivity index (χ2n) is 8.79. The molecule has 1 aromatic heterocycles. The smallest absolute Gasteiger partial charge is 0.281 e. The van der Waals surface area contributed by atoms with E-state index >= 15 is 0 Å². The third-order valence-corrected chi connectivity index (χ3v) is 7.52. The summed E-state index contributed by atoms with van der Waals surface area (Å²) in [6.07, 6.45) is 1.99. The highest BCUT2D eigenvalue weighted by Crippen LogP contribution is 2.44. The molecule has 1 aliphatic rings. The molecule has 34 heavy (non-hydrogen) atoms. The van der Waals surface area contributed by atoms with Crippen LogP contribution in [-0.4, -0.2) is 18.9 Å². The summed E-state index contributed by atoms with van der Waals surface area (Å²) >= 11 is 0. The number of rotatable bonds is 7. The Hall–Kier alpha value is -3.64. The molecular formula is C28H26N2O3S. The van der Waals surface area contributed by atoms with Crippen LogP contribution in [0.4, 0.5) is 0 Å². The highest BCUT2D eigenvalue weighted by Gasteiger charge is 2.34. The number of amides is 1. The first-order chi connectivity index (χ1) is 16.4. The number of carbonyl (C=O) groups is 1. The SMILES string of the molecule is Cc1ccc(S(=O)(=O)NC(=O)c2c(C3CC3)cc(-c3ccccc3)n2Cc2ccccc2)cc1. The number of nitrogens with one attached hydrogen (secondary N) is 1. The molecule has 0 radical (unpaired) electrons. The molecule has 0 saturated heterocycles. The van der Waals surface area contributed by atoms with Gasteiger partial charge in [-0.3, -0.25) is 4.79 Å². The fraction of sp³-hybridized carbons (Fsp3) is 0.179. The maximum Gasteiger partial charge on any atom is 0.281 e. The van der Waals surface area contributed by atoms with Gasteiger partial charge >= 0.3 is 0 Å². The first-order valence-electron chi connectivity index (χ1n) is 11.4. The summed E-state index contributed by atoms with van der Waals surface area (Å²) in [5, 5.41) is 0. The third kappa shape index (κ3) is 4.54. The van der Waals surface area contributed by atoms with Gasteiger partial charge in [0.25, 0.3) is 15.9 Å². The summed E-state index contributed by atoms with van der Waals surface area (Å²) in [7, 11) is -4.00. The minimum Gasteiger partial charge on any atom is -0.332 e. The van der Waals surface area contributed by atoms with Crippen molar-refractivity contribution in [2.24, 2.45) is 0 Å². The average molecular weight is 471 g/mol. The van der Waals surface area contributed by atoms with Gasteiger partial charge < -0.3 is 4.57 Å². The highest BCUT2D eigenvalue weighted by molar-refractivity contribution is 7.90. The molecule has 1 N–H and O–H groups in total. The van der Waals surface area contributed by atoms with Gasteiger partial charge in [0.1, 0.15) is 5.69 Å². The van der Waals surface area contributed by atoms with Gasteiger partial charge in [-0.1, -0.05) is 78.4 Å². The lowest BCUT2D eigenvalue weighted by molar-refractivity contribution is 0.0972. The Bertz CT molecular complexity index is 1420. The van der Waals surface area contributed by atoms with Gasteiger partial charge in [-0.15, -0.1) is 0 Å². The molecule has 5 nitrogen and oxygen atoms in total. The molecule has 1 heterocycles. The maximum absolute atomic E-state index is 13.6. The highest BCUT2D eigenvalue weighted by atomic mass is 32.2. The van der Waals surface area contributed by atoms with Crippen molar-refractivity contribution >= 4 is 15.9 Å². The fourth-order valence-corrected chi connectivity index (χ4v) is 5.21. The van der Waals surface area contributed by atoms with Crippen LogP contribution >= 0.6 is 0 Å². The molecule has 0 bridgehead atoms. The zero-order chi connectivity index (χ0) is 23.7. The van der Waals surface area contributed by atoms with Crippen LogP contribution in [0.25, 0.3) is 11.3 Å². The van der Waals surface area contributed by atoms with E-state index in [-0.39, 0.29) is 10.8 Å². The second-order valence-corrected chi connectivity index (χ2v) is 10.5. The van der Waals surface area contributed by atoms with Crippen molar-refractivity contribution in [2.75, 3.05) is 0 Å². The summed E-state index contributed by atoms with van der Waals surface area (Å²) < 4.78 is 30.3. The van der Waals surface area contributed by atoms with E-state index in [0.717, 1.165) is 40.8 Å². The Morgan fingerprint density at radius 1 is 0.912 bits per heavy atom. The number of aryl methyl sites for hydroxylation is 1. The molecule has 0 spiro atoms. The Morgan fingerprint density at radius 3 is 2.15 bits per heavy atom. The van der Waals surface area contributed by atoms with E-state index in [1.54, 1.807) is 12.1 Å². The minimum absolute atomic E-state index is 0.0730. The number of carbonyl (C=O) groups excluding carboxylic acids is 1. The Morgan fingerprint density at radius 2 is 1.53 bits per heavy atom. The van der Waals surface area contributed by atoms with Crippen molar-refractivity contribution in [3.05, 3.63) is 113 Å². The maximum atomic E-state index is 13.6. The van der Waals surface area contributed by atoms with Crippen molar-refractivity contribution in [1.82, 2.24) is 9.29 Å². The monoisotopic (exact) mass is 470 g/mol. The van der Waals surface area contributed by atoms with E-state index in [9.17, 15) is 13.2 Å². The molecule has 3 aromatic carbocycles. The molecule has 1 saturated carbocycles. The van der Waals surface area contributed by atoms with E-state index in [2.05, 4.69) is 10.8 Å². The van der Waals surface area contributed by atoms with Gasteiger partial charge in [0.05, 0.1) is 4.90 Å². The molecule has 1 fully saturated rings. The van der Waals surface area contributed by atoms with Gasteiger partial charge in [0.2, 0.25) is 0 Å². The summed E-state index contributed by atoms with van der Waals surface area (Å²) in [6.45, 7) is 2.35. The van der Waals surface area contributed by atoms with Crippen LogP contribution in [0.15, 0.2) is 95.9 Å². The Kier molecular flexibility index (Phi) is 5.84. The van der Waals surface area contributed by atoms with Gasteiger partial charge in [-0.05, 0) is 60.6 Å². The summed E-state index contributed by atoms with van der Waals surface area (Å²) in [5.41, 5.74) is 5.20. The van der Waals surface area contributed by atoms with E-state index in [0.29, 0.717) is 12.2 Å². The van der Waals surface area contributed by atoms with Crippen molar-refractivity contribution < 1.29 is 13.2 Å². The number of benzene rings is 3. The number of nitrogens with zero attached hydrogens (tertiary/aromatic N) is 1. The van der Waals surface area contributed by atoms with E-state index in [4.69, 9.17) is 0 Å². The first kappa shape index (κ1) is 22.2. The van der Waals surface area contributed by atoms with Gasteiger partial charge in [-0.2, -0.15) is 0 Å². The lowest BCUT2D eigenvalue weighted by Gasteiger charge is -2.15. The van der Waals surface area contributed by atoms with E-state index < -0.39 is 15.9 Å². The second kappa shape index (κ2) is 8.95. The number of aromatic nitrogens is 1. The standard InChI is InChI=1S/C28H26N2O3S/c1-20-12-16-24(17-13-20)34(32,33)29-28(31)27-25(22-14-15-22)18-26(23-10-6-3-7-11-23)30(27)19-21-8-4-2-5-9-21/h2-13,16-18,22H,14-15,19H2,1H3,(H,29,31). The number of hydrogen-bond donors (Lipinski definition) is 1. The zero-order valence-electron chi connectivity index (χ0n) is 18.9. The topological polar surface area (TPSA) is 68.2 Å². The largest absolute Gasteiger partial charge is 0.332 e. The van der Waals surface area contributed by atoms with Gasteiger partial charge in [0.15, 0.2) is 0 Å². The van der Waals surface area contributed by atoms with Crippen LogP contribution in [-0.2, 0) is 16.6 Å². The quantitative estimate of drug-likeness (QED) is 0.387. The number of sulfonamides is 1. The Labute approximate surface area is 200 Å². The predicted octanol–water partition coefficient (Wildman–Crippen LogP) is 5.51. The van der Waals surface area contributed by atoms with Crippen LogP contribution in [0, 0.1) is 6.92 Å². The summed E-state index contributed by atoms with van der Waals surface area (Å²) in [4.78, 5) is 13.7. The van der Waals surface area contributed by atoms with E-state index in [1.807, 2.05) is 72.2 Å². The summed E-state index contributed by atoms with van der Waals surface area (Å²) in [5.74, 6) is -0.331. The van der Waals surface area contributed by atoms with Crippen LogP contribution in [0.5, 0.6) is 0 Å². The van der Waals surface area contributed by atoms with Crippen molar-refractivity contribution in [1.29, 1.82) is 0 Å². The lowest BCUT2D eigenvalue weighted by atomic mass is 10.1. The molecule has 172 valence electrons. The molecular weight excluding hydrogens is 444 g/mol. The normalized spacial score (nSPS) is 13.6. The van der Waals surface area contributed by atoms with Crippen molar-refractivity contribution in [2.45, 2.75) is 37.1 Å². The van der Waals surface area contributed by atoms with Crippen molar-refractivity contribution in [3.8, 4) is 11.3 Å². The molecule has 4 aromatic rings. The van der Waals surface area contributed by atoms with Crippen LogP contribution in [0.1, 0.15) is 45.9 Å². The Balaban J connectivity index is 1.60. The fourth-order valence-electron chi connectivity index (χ4n) is 4.25. The molecule has 0 unspecified atom stereocenters. The molecule has 1 amide bonds. The molecule has 6 heteroatoms. The summed E-state index contributed by atoms with van der Waals surface area (Å²) in [6, 6.07) is 28.4. The van der Waals surface area contributed by atoms with Crippen LogP contribution in [0.3, 0.4) is 0 Å². The molecule has 0 atom stereocenters. The van der Waals surface area contributed by atoms with Crippen molar-refractivity contribution in [3.63, 3.8) is 0 Å². The predicted molar refractivity (Wildman–Crippen MR) is 133 cm³/mol. The van der Waals surface area contributed by atoms with E-state index in [1.165, 1.54) is 12.1 Å². The molecule has 1 aliphatic carbocycles. The van der Waals surface area contributed by atoms with Gasteiger partial charge in [0, 0.05) is 12.2 Å². The minimum atomic E-state index is -4.00. The van der Waals surface area contributed by atoms with Gasteiger partial charge in [-0.25, -0.2) is 13.1 Å². The molecule has 0 aliphatic heterocycles. The third-order valence-electron chi connectivity index (χ3n) is 6.17. The molecule has 5 rings (SSSR count). The average Bonchev–Trinajstić information content (AvgIpc) is 3.61.